The maximum Gasteiger partial charge on any atom is 0.421 e. The normalized spacial score (nSPS) is 17.2. The zero-order valence-corrected chi connectivity index (χ0v) is 15.7. The summed E-state index contributed by atoms with van der Waals surface area (Å²) >= 11 is 0. The van der Waals surface area contributed by atoms with Gasteiger partial charge in [0.2, 0.25) is 5.88 Å². The minimum Gasteiger partial charge on any atom is -0.476 e. The summed E-state index contributed by atoms with van der Waals surface area (Å²) in [4.78, 5) is 13.4. The summed E-state index contributed by atoms with van der Waals surface area (Å²) in [7, 11) is 0. The lowest BCUT2D eigenvalue weighted by Crippen LogP contribution is -2.31. The molecule has 0 aliphatic carbocycles. The number of ether oxygens (including phenoxy) is 2. The average molecular weight is 389 g/mol. The van der Waals surface area contributed by atoms with Crippen LogP contribution in [0.1, 0.15) is 57.9 Å². The van der Waals surface area contributed by atoms with Crippen molar-refractivity contribution in [2.24, 2.45) is 0 Å². The van der Waals surface area contributed by atoms with Gasteiger partial charge in [-0.05, 0) is 32.6 Å². The second kappa shape index (κ2) is 9.75. The maximum atomic E-state index is 13.4. The van der Waals surface area contributed by atoms with Crippen LogP contribution in [0.5, 0.6) is 5.88 Å². The quantitative estimate of drug-likeness (QED) is 0.470. The van der Waals surface area contributed by atoms with Gasteiger partial charge in [-0.3, -0.25) is 4.79 Å². The molecule has 6 nitrogen and oxygen atoms in total. The number of unbranched alkanes of at least 4 members (excludes halogenated alkanes) is 1. The third kappa shape index (κ3) is 5.97. The minimum atomic E-state index is -4.58. The van der Waals surface area contributed by atoms with E-state index in [1.165, 1.54) is 0 Å². The molecule has 152 valence electrons. The Morgan fingerprint density at radius 1 is 1.33 bits per heavy atom. The molecule has 0 saturated carbocycles. The van der Waals surface area contributed by atoms with Gasteiger partial charge < -0.3 is 14.4 Å². The van der Waals surface area contributed by atoms with Crippen molar-refractivity contribution in [3.05, 3.63) is 11.6 Å². The molecule has 1 saturated heterocycles. The third-order valence-corrected chi connectivity index (χ3v) is 4.45. The number of hydrogen-bond acceptors (Lipinski definition) is 6. The Hall–Kier alpha value is -2.06. The van der Waals surface area contributed by atoms with E-state index < -0.39 is 17.6 Å². The average Bonchev–Trinajstić information content (AvgIpc) is 3.08. The Morgan fingerprint density at radius 3 is 2.78 bits per heavy atom. The number of nitrogens with zero attached hydrogens (tertiary/aromatic N) is 3. The summed E-state index contributed by atoms with van der Waals surface area (Å²) in [5.41, 5.74) is -0.917. The van der Waals surface area contributed by atoms with Gasteiger partial charge in [-0.25, -0.2) is 0 Å². The van der Waals surface area contributed by atoms with Crippen molar-refractivity contribution in [1.82, 2.24) is 10.2 Å². The minimum absolute atomic E-state index is 0.0587. The number of esters is 1. The van der Waals surface area contributed by atoms with E-state index in [4.69, 9.17) is 9.47 Å². The van der Waals surface area contributed by atoms with Gasteiger partial charge in [0, 0.05) is 25.1 Å². The Balaban J connectivity index is 2.15. The van der Waals surface area contributed by atoms with Crippen LogP contribution in [0, 0.1) is 0 Å². The first-order chi connectivity index (χ1) is 12.9. The van der Waals surface area contributed by atoms with E-state index in [0.717, 1.165) is 25.3 Å². The fraction of sp³-hybridized carbons (Fsp3) is 0.722. The Morgan fingerprint density at radius 2 is 2.11 bits per heavy atom. The second-order valence-corrected chi connectivity index (χ2v) is 6.45. The highest BCUT2D eigenvalue weighted by Gasteiger charge is 2.37. The van der Waals surface area contributed by atoms with Crippen LogP contribution in [0.25, 0.3) is 0 Å². The highest BCUT2D eigenvalue weighted by atomic mass is 19.4. The lowest BCUT2D eigenvalue weighted by Gasteiger charge is -2.26. The van der Waals surface area contributed by atoms with Crippen LogP contribution in [0.2, 0.25) is 0 Å². The molecule has 0 bridgehead atoms. The predicted octanol–water partition coefficient (Wildman–Crippen LogP) is 3.99. The summed E-state index contributed by atoms with van der Waals surface area (Å²) in [6.45, 7) is 4.72. The van der Waals surface area contributed by atoms with Crippen LogP contribution >= 0.6 is 0 Å². The molecule has 1 aromatic heterocycles. The van der Waals surface area contributed by atoms with Crippen LogP contribution in [-0.2, 0) is 15.7 Å². The van der Waals surface area contributed by atoms with Gasteiger partial charge in [-0.15, -0.1) is 10.2 Å². The maximum absolute atomic E-state index is 13.4. The fourth-order valence-corrected chi connectivity index (χ4v) is 3.09. The summed E-state index contributed by atoms with van der Waals surface area (Å²) < 4.78 is 50.4. The molecule has 0 radical (unpaired) electrons. The molecule has 0 amide bonds. The molecule has 1 fully saturated rings. The first-order valence-electron chi connectivity index (χ1n) is 9.36. The summed E-state index contributed by atoms with van der Waals surface area (Å²) in [6.07, 6.45) is -0.774. The number of carbonyl (C=O) groups excluding carboxylic acids is 1. The molecule has 27 heavy (non-hydrogen) atoms. The lowest BCUT2D eigenvalue weighted by molar-refractivity contribution is -0.143. The summed E-state index contributed by atoms with van der Waals surface area (Å²) in [6, 6.07) is 0.938. The van der Waals surface area contributed by atoms with Crippen molar-refractivity contribution in [2.75, 3.05) is 24.7 Å². The lowest BCUT2D eigenvalue weighted by atomic mass is 10.1. The van der Waals surface area contributed by atoms with E-state index in [9.17, 15) is 18.0 Å². The monoisotopic (exact) mass is 389 g/mol. The van der Waals surface area contributed by atoms with Crippen molar-refractivity contribution in [3.8, 4) is 5.88 Å². The third-order valence-electron chi connectivity index (χ3n) is 4.45. The van der Waals surface area contributed by atoms with Crippen LogP contribution < -0.4 is 9.64 Å². The highest BCUT2D eigenvalue weighted by molar-refractivity contribution is 5.69. The molecule has 0 spiro atoms. The van der Waals surface area contributed by atoms with Crippen molar-refractivity contribution in [3.63, 3.8) is 0 Å². The van der Waals surface area contributed by atoms with Gasteiger partial charge >= 0.3 is 12.1 Å². The zero-order valence-electron chi connectivity index (χ0n) is 15.7. The second-order valence-electron chi connectivity index (χ2n) is 6.45. The van der Waals surface area contributed by atoms with Crippen LogP contribution in [0.15, 0.2) is 6.07 Å². The number of hydrogen-bond donors (Lipinski definition) is 0. The van der Waals surface area contributed by atoms with Crippen molar-refractivity contribution in [1.29, 1.82) is 0 Å². The Bertz CT molecular complexity index is 626. The molecule has 0 N–H and O–H groups in total. The van der Waals surface area contributed by atoms with Gasteiger partial charge in [0.15, 0.2) is 5.82 Å². The molecular formula is C18H26F3N3O3. The number of alkyl halides is 3. The molecule has 0 unspecified atom stereocenters. The number of rotatable bonds is 9. The highest BCUT2D eigenvalue weighted by Crippen LogP contribution is 2.37. The van der Waals surface area contributed by atoms with E-state index >= 15 is 0 Å². The first-order valence-corrected chi connectivity index (χ1v) is 9.36. The van der Waals surface area contributed by atoms with E-state index in [0.29, 0.717) is 26.0 Å². The Labute approximate surface area is 157 Å². The van der Waals surface area contributed by atoms with E-state index in [1.807, 2.05) is 6.92 Å². The molecule has 1 atom stereocenters. The predicted molar refractivity (Wildman–Crippen MR) is 93.7 cm³/mol. The molecule has 1 aliphatic heterocycles. The number of halogens is 3. The zero-order chi connectivity index (χ0) is 19.9. The van der Waals surface area contributed by atoms with Gasteiger partial charge in [0.25, 0.3) is 0 Å². The SMILES string of the molecule is CCCCOc1nnc(N2CCC[C@@H]2CCC(=O)OCC)cc1C(F)(F)F. The largest absolute Gasteiger partial charge is 0.476 e. The Kier molecular flexibility index (Phi) is 7.67. The van der Waals surface area contributed by atoms with Gasteiger partial charge in [-0.2, -0.15) is 13.2 Å². The van der Waals surface area contributed by atoms with Gasteiger partial charge in [-0.1, -0.05) is 13.3 Å². The molecular weight excluding hydrogens is 363 g/mol. The molecule has 2 heterocycles. The topological polar surface area (TPSA) is 64.6 Å². The number of anilines is 1. The van der Waals surface area contributed by atoms with Crippen LogP contribution in [0.3, 0.4) is 0 Å². The van der Waals surface area contributed by atoms with Crippen LogP contribution in [0.4, 0.5) is 19.0 Å². The van der Waals surface area contributed by atoms with Gasteiger partial charge in [0.1, 0.15) is 5.56 Å². The summed E-state index contributed by atoms with van der Waals surface area (Å²) in [5.74, 6) is -0.621. The fourth-order valence-electron chi connectivity index (χ4n) is 3.09. The van der Waals surface area contributed by atoms with Crippen LogP contribution in [-0.4, -0.2) is 42.0 Å². The molecule has 1 aliphatic rings. The number of carbonyl (C=O) groups is 1. The molecule has 2 rings (SSSR count). The van der Waals surface area contributed by atoms with Gasteiger partial charge in [0.05, 0.1) is 13.2 Å². The standard InChI is InChI=1S/C18H26F3N3O3/c1-3-5-11-27-17-14(18(19,20)21)12-15(22-23-17)24-10-6-7-13(24)8-9-16(25)26-4-2/h12-13H,3-11H2,1-2H3/t13-/m1/s1. The van der Waals surface area contributed by atoms with Crippen molar-refractivity contribution < 1.29 is 27.4 Å². The van der Waals surface area contributed by atoms with Crippen molar-refractivity contribution in [2.45, 2.75) is 64.6 Å². The first kappa shape index (κ1) is 21.2. The molecule has 0 aromatic carbocycles. The smallest absolute Gasteiger partial charge is 0.421 e. The summed E-state index contributed by atoms with van der Waals surface area (Å²) in [5, 5.41) is 7.66. The van der Waals surface area contributed by atoms with E-state index in [1.54, 1.807) is 11.8 Å². The van der Waals surface area contributed by atoms with E-state index in [2.05, 4.69) is 10.2 Å². The molecule has 1 aromatic rings. The number of aromatic nitrogens is 2. The molecule has 9 heteroatoms. The van der Waals surface area contributed by atoms with Crippen molar-refractivity contribution >= 4 is 11.8 Å². The van der Waals surface area contributed by atoms with E-state index in [-0.39, 0.29) is 30.9 Å².